The normalized spacial score (nSPS) is 11.2. The number of benzene rings is 2. The Morgan fingerprint density at radius 3 is 2.58 bits per heavy atom. The fourth-order valence-corrected chi connectivity index (χ4v) is 3.47. The van der Waals surface area contributed by atoms with Gasteiger partial charge in [0.15, 0.2) is 5.76 Å². The van der Waals surface area contributed by atoms with Crippen LogP contribution in [-0.4, -0.2) is 25.8 Å². The Hall–Kier alpha value is -3.81. The number of hydrogen-bond acceptors (Lipinski definition) is 5. The summed E-state index contributed by atoms with van der Waals surface area (Å²) in [7, 11) is 0. The van der Waals surface area contributed by atoms with Gasteiger partial charge in [0.25, 0.3) is 5.56 Å². The largest absolute Gasteiger partial charge is 0.481 e. The molecule has 0 unspecified atom stereocenters. The molecule has 0 saturated carbocycles. The Kier molecular flexibility index (Phi) is 5.62. The second-order valence-corrected chi connectivity index (χ2v) is 7.31. The second kappa shape index (κ2) is 8.51. The number of aliphatic carboxylic acids is 1. The summed E-state index contributed by atoms with van der Waals surface area (Å²) in [5, 5.41) is 13.2. The van der Waals surface area contributed by atoms with Crippen LogP contribution in [0.2, 0.25) is 0 Å². The van der Waals surface area contributed by atoms with E-state index in [1.54, 1.807) is 24.3 Å². The zero-order chi connectivity index (χ0) is 22.0. The van der Waals surface area contributed by atoms with Crippen molar-refractivity contribution in [3.8, 4) is 17.0 Å². The first kappa shape index (κ1) is 20.5. The molecule has 0 fully saturated rings. The van der Waals surface area contributed by atoms with Crippen molar-refractivity contribution in [2.45, 2.75) is 32.6 Å². The summed E-state index contributed by atoms with van der Waals surface area (Å²) in [4.78, 5) is 28.8. The molecule has 158 valence electrons. The molecule has 4 aromatic rings. The third-order valence-corrected chi connectivity index (χ3v) is 4.98. The number of carboxylic acid groups (broad SMARTS) is 1. The van der Waals surface area contributed by atoms with Gasteiger partial charge in [0.05, 0.1) is 22.3 Å². The molecule has 2 aromatic carbocycles. The van der Waals surface area contributed by atoms with Crippen LogP contribution in [0.1, 0.15) is 30.8 Å². The van der Waals surface area contributed by atoms with Crippen molar-refractivity contribution in [3.63, 3.8) is 0 Å². The number of halogens is 1. The minimum absolute atomic E-state index is 0.0450. The third kappa shape index (κ3) is 4.37. The van der Waals surface area contributed by atoms with Crippen molar-refractivity contribution in [2.75, 3.05) is 0 Å². The first-order chi connectivity index (χ1) is 14.9. The molecule has 0 aliphatic heterocycles. The van der Waals surface area contributed by atoms with Crippen LogP contribution in [0.15, 0.2) is 57.8 Å². The van der Waals surface area contributed by atoms with E-state index in [9.17, 15) is 14.0 Å². The van der Waals surface area contributed by atoms with Gasteiger partial charge < -0.3 is 9.63 Å². The molecule has 2 aromatic heterocycles. The Bertz CT molecular complexity index is 1310. The zero-order valence-corrected chi connectivity index (χ0v) is 16.8. The highest BCUT2D eigenvalue weighted by molar-refractivity contribution is 5.83. The predicted molar refractivity (Wildman–Crippen MR) is 113 cm³/mol. The summed E-state index contributed by atoms with van der Waals surface area (Å²) in [6.45, 7) is 1.82. The maximum atomic E-state index is 13.4. The van der Waals surface area contributed by atoms with E-state index >= 15 is 0 Å². The smallest absolute Gasteiger partial charge is 0.303 e. The lowest BCUT2D eigenvalue weighted by Crippen LogP contribution is -2.24. The SMILES string of the molecule is Cc1cc(-c2ccc3c(=O)n(-c4ccc(F)cc4)c(CCCCC(=O)O)nc3c2)on1. The van der Waals surface area contributed by atoms with Crippen LogP contribution in [0.4, 0.5) is 4.39 Å². The molecule has 0 aliphatic carbocycles. The van der Waals surface area contributed by atoms with Crippen LogP contribution >= 0.6 is 0 Å². The highest BCUT2D eigenvalue weighted by Gasteiger charge is 2.15. The fourth-order valence-electron chi connectivity index (χ4n) is 3.47. The number of hydrogen-bond donors (Lipinski definition) is 1. The lowest BCUT2D eigenvalue weighted by Gasteiger charge is -2.14. The first-order valence-electron chi connectivity index (χ1n) is 9.89. The number of nitrogens with zero attached hydrogens (tertiary/aromatic N) is 3. The molecule has 0 spiro atoms. The van der Waals surface area contributed by atoms with Crippen molar-refractivity contribution in [1.29, 1.82) is 0 Å². The predicted octanol–water partition coefficient (Wildman–Crippen LogP) is 4.29. The maximum absolute atomic E-state index is 13.4. The number of fused-ring (bicyclic) bond motifs is 1. The standard InChI is InChI=1S/C23H20FN3O4/c1-14-12-20(31-26-14)15-6-11-18-19(13-15)25-21(4-2-3-5-22(28)29)27(23(18)30)17-9-7-16(24)8-10-17/h6-13H,2-5H2,1H3,(H,28,29). The molecular weight excluding hydrogens is 401 g/mol. The molecule has 2 heterocycles. The monoisotopic (exact) mass is 421 g/mol. The van der Waals surface area contributed by atoms with Gasteiger partial charge >= 0.3 is 5.97 Å². The van der Waals surface area contributed by atoms with E-state index in [1.165, 1.54) is 28.8 Å². The van der Waals surface area contributed by atoms with E-state index in [-0.39, 0.29) is 12.0 Å². The lowest BCUT2D eigenvalue weighted by molar-refractivity contribution is -0.137. The molecular formula is C23H20FN3O4. The first-order valence-corrected chi connectivity index (χ1v) is 9.89. The Labute approximate surface area is 176 Å². The van der Waals surface area contributed by atoms with E-state index in [2.05, 4.69) is 5.16 Å². The van der Waals surface area contributed by atoms with Gasteiger partial charge in [0.1, 0.15) is 11.6 Å². The number of aryl methyl sites for hydroxylation is 2. The quantitative estimate of drug-likeness (QED) is 0.447. The van der Waals surface area contributed by atoms with E-state index < -0.39 is 11.8 Å². The highest BCUT2D eigenvalue weighted by Crippen LogP contribution is 2.24. The van der Waals surface area contributed by atoms with Gasteiger partial charge in [0.2, 0.25) is 0 Å². The van der Waals surface area contributed by atoms with Crippen LogP contribution < -0.4 is 5.56 Å². The van der Waals surface area contributed by atoms with Crippen LogP contribution in [0.3, 0.4) is 0 Å². The molecule has 0 atom stereocenters. The second-order valence-electron chi connectivity index (χ2n) is 7.31. The van der Waals surface area contributed by atoms with Gasteiger partial charge in [-0.1, -0.05) is 11.2 Å². The molecule has 0 saturated heterocycles. The minimum Gasteiger partial charge on any atom is -0.481 e. The Morgan fingerprint density at radius 1 is 1.13 bits per heavy atom. The van der Waals surface area contributed by atoms with Gasteiger partial charge in [-0.15, -0.1) is 0 Å². The molecule has 0 amide bonds. The van der Waals surface area contributed by atoms with Gasteiger partial charge in [-0.2, -0.15) is 0 Å². The van der Waals surface area contributed by atoms with Gasteiger partial charge in [-0.05, 0) is 56.2 Å². The van der Waals surface area contributed by atoms with E-state index in [0.717, 1.165) is 11.3 Å². The molecule has 31 heavy (non-hydrogen) atoms. The van der Waals surface area contributed by atoms with Crippen LogP contribution in [0.5, 0.6) is 0 Å². The molecule has 8 heteroatoms. The topological polar surface area (TPSA) is 98.2 Å². The molecule has 7 nitrogen and oxygen atoms in total. The molecule has 0 aliphatic rings. The van der Waals surface area contributed by atoms with Crippen molar-refractivity contribution < 1.29 is 18.8 Å². The van der Waals surface area contributed by atoms with E-state index in [0.29, 0.717) is 47.4 Å². The summed E-state index contributed by atoms with van der Waals surface area (Å²) in [6.07, 6.45) is 1.46. The van der Waals surface area contributed by atoms with Crippen LogP contribution in [0.25, 0.3) is 27.9 Å². The minimum atomic E-state index is -0.866. The number of carbonyl (C=O) groups is 1. The van der Waals surface area contributed by atoms with Gasteiger partial charge in [0, 0.05) is 24.5 Å². The lowest BCUT2D eigenvalue weighted by atomic mass is 10.1. The molecule has 1 N–H and O–H groups in total. The van der Waals surface area contributed by atoms with Crippen LogP contribution in [-0.2, 0) is 11.2 Å². The number of aromatic nitrogens is 3. The highest BCUT2D eigenvalue weighted by atomic mass is 19.1. The molecule has 4 rings (SSSR count). The average Bonchev–Trinajstić information content (AvgIpc) is 3.18. The Balaban J connectivity index is 1.82. The van der Waals surface area contributed by atoms with Gasteiger partial charge in [-0.3, -0.25) is 14.2 Å². The van der Waals surface area contributed by atoms with Crippen molar-refractivity contribution in [1.82, 2.24) is 14.7 Å². The van der Waals surface area contributed by atoms with Gasteiger partial charge in [-0.25, -0.2) is 9.37 Å². The van der Waals surface area contributed by atoms with Crippen molar-refractivity contribution >= 4 is 16.9 Å². The van der Waals surface area contributed by atoms with Crippen LogP contribution in [0, 0.1) is 12.7 Å². The van der Waals surface area contributed by atoms with Crippen molar-refractivity contribution in [3.05, 3.63) is 76.2 Å². The fraction of sp³-hybridized carbons (Fsp3) is 0.217. The average molecular weight is 421 g/mol. The third-order valence-electron chi connectivity index (χ3n) is 4.98. The summed E-state index contributed by atoms with van der Waals surface area (Å²) in [6, 6.07) is 12.7. The summed E-state index contributed by atoms with van der Waals surface area (Å²) >= 11 is 0. The number of unbranched alkanes of at least 4 members (excludes halogenated alkanes) is 1. The summed E-state index contributed by atoms with van der Waals surface area (Å²) < 4.78 is 20.2. The number of carboxylic acids is 1. The van der Waals surface area contributed by atoms with E-state index in [4.69, 9.17) is 14.6 Å². The van der Waals surface area contributed by atoms with Crippen molar-refractivity contribution in [2.24, 2.45) is 0 Å². The molecule has 0 bridgehead atoms. The van der Waals surface area contributed by atoms with E-state index in [1.807, 2.05) is 6.92 Å². The zero-order valence-electron chi connectivity index (χ0n) is 16.8. The Morgan fingerprint density at radius 2 is 1.90 bits per heavy atom. The number of rotatable bonds is 7. The maximum Gasteiger partial charge on any atom is 0.303 e. The summed E-state index contributed by atoms with van der Waals surface area (Å²) in [5.74, 6) is -0.206. The summed E-state index contributed by atoms with van der Waals surface area (Å²) in [5.41, 5.74) is 2.22. The molecule has 0 radical (unpaired) electrons.